The quantitative estimate of drug-likeness (QED) is 0.0552. The van der Waals surface area contributed by atoms with Gasteiger partial charge in [0.15, 0.2) is 0 Å². The van der Waals surface area contributed by atoms with Crippen LogP contribution in [-0.2, 0) is 18.4 Å². The molecule has 0 radical (unpaired) electrons. The Morgan fingerprint density at radius 1 is 0.491 bits per heavy atom. The van der Waals surface area contributed by atoms with Crippen LogP contribution in [0, 0.1) is 0 Å². The van der Waals surface area contributed by atoms with E-state index in [4.69, 9.17) is 4.98 Å². The Morgan fingerprint density at radius 3 is 1.34 bits per heavy atom. The predicted octanol–water partition coefficient (Wildman–Crippen LogP) is 16.5. The lowest BCUT2D eigenvalue weighted by atomic mass is 9.66. The highest BCUT2D eigenvalue weighted by atomic mass is 15.1. The fourth-order valence-corrected chi connectivity index (χ4v) is 8.84. The van der Waals surface area contributed by atoms with E-state index < -0.39 is 0 Å². The van der Waals surface area contributed by atoms with Gasteiger partial charge in [0, 0.05) is 30.3 Å². The molecule has 2 unspecified atom stereocenters. The van der Waals surface area contributed by atoms with Crippen LogP contribution in [-0.4, -0.2) is 9.55 Å². The molecule has 298 valence electrons. The average Bonchev–Trinajstić information content (AvgIpc) is 3.65. The highest BCUT2D eigenvalue weighted by molar-refractivity contribution is 5.33. The lowest BCUT2D eigenvalue weighted by Crippen LogP contribution is -2.35. The van der Waals surface area contributed by atoms with Gasteiger partial charge in [-0.15, -0.1) is 0 Å². The highest BCUT2D eigenvalue weighted by Gasteiger charge is 2.39. The van der Waals surface area contributed by atoms with E-state index in [1.807, 2.05) is 0 Å². The van der Waals surface area contributed by atoms with Gasteiger partial charge in [-0.3, -0.25) is 0 Å². The van der Waals surface area contributed by atoms with Crippen LogP contribution in [0.3, 0.4) is 0 Å². The van der Waals surface area contributed by atoms with E-state index in [0.29, 0.717) is 5.92 Å². The number of aryl methyl sites for hydroxylation is 1. The third-order valence-corrected chi connectivity index (χ3v) is 12.3. The zero-order valence-electron chi connectivity index (χ0n) is 35.3. The lowest BCUT2D eigenvalue weighted by molar-refractivity contribution is 0.321. The Labute approximate surface area is 329 Å². The summed E-state index contributed by atoms with van der Waals surface area (Å²) in [5.74, 6) is 1.70. The topological polar surface area (TPSA) is 17.8 Å². The molecule has 0 amide bonds. The molecule has 0 saturated carbocycles. The van der Waals surface area contributed by atoms with E-state index in [1.54, 1.807) is 0 Å². The first kappa shape index (κ1) is 45.0. The first-order valence-corrected chi connectivity index (χ1v) is 23.3. The molecule has 0 saturated heterocycles. The monoisotopic (exact) mass is 725 g/mol. The van der Waals surface area contributed by atoms with Crippen LogP contribution in [0.2, 0.25) is 0 Å². The second-order valence-corrected chi connectivity index (χ2v) is 17.0. The summed E-state index contributed by atoms with van der Waals surface area (Å²) in [6.45, 7) is 8.25. The molecular formula is C51H84N2. The molecular weight excluding hydrogens is 641 g/mol. The minimum Gasteiger partial charge on any atom is -0.335 e. The first-order chi connectivity index (χ1) is 26.2. The summed E-state index contributed by atoms with van der Waals surface area (Å²) in [6.07, 6.45) is 45.9. The summed E-state index contributed by atoms with van der Waals surface area (Å²) in [5, 5.41) is 0. The Bertz CT molecular complexity index is 1220. The van der Waals surface area contributed by atoms with Gasteiger partial charge in [-0.1, -0.05) is 255 Å². The Morgan fingerprint density at radius 2 is 0.887 bits per heavy atom. The van der Waals surface area contributed by atoms with E-state index in [1.165, 1.54) is 203 Å². The van der Waals surface area contributed by atoms with Crippen molar-refractivity contribution in [2.24, 2.45) is 0 Å². The average molecular weight is 725 g/mol. The molecule has 1 aromatic heterocycles. The van der Waals surface area contributed by atoms with Crippen molar-refractivity contribution in [1.29, 1.82) is 0 Å². The highest BCUT2D eigenvalue weighted by Crippen LogP contribution is 2.44. The zero-order chi connectivity index (χ0) is 37.5. The third kappa shape index (κ3) is 19.2. The minimum absolute atomic E-state index is 0.0300. The summed E-state index contributed by atoms with van der Waals surface area (Å²) < 4.78 is 2.54. The molecule has 0 aliphatic carbocycles. The van der Waals surface area contributed by atoms with Gasteiger partial charge in [0.05, 0.1) is 0 Å². The molecule has 2 heteroatoms. The Hall–Kier alpha value is -2.35. The molecule has 0 aliphatic heterocycles. The molecule has 53 heavy (non-hydrogen) atoms. The molecule has 0 bridgehead atoms. The second-order valence-electron chi connectivity index (χ2n) is 17.0. The van der Waals surface area contributed by atoms with Gasteiger partial charge in [-0.05, 0) is 30.4 Å². The number of benzene rings is 2. The van der Waals surface area contributed by atoms with Crippen molar-refractivity contribution in [3.8, 4) is 0 Å². The molecule has 0 aliphatic rings. The van der Waals surface area contributed by atoms with Gasteiger partial charge in [0.1, 0.15) is 5.82 Å². The number of aromatic nitrogens is 2. The van der Waals surface area contributed by atoms with Crippen LogP contribution < -0.4 is 0 Å². The largest absolute Gasteiger partial charge is 0.335 e. The second kappa shape index (κ2) is 29.9. The van der Waals surface area contributed by atoms with Gasteiger partial charge in [-0.2, -0.15) is 0 Å². The van der Waals surface area contributed by atoms with Gasteiger partial charge < -0.3 is 4.57 Å². The van der Waals surface area contributed by atoms with Crippen molar-refractivity contribution in [1.82, 2.24) is 9.55 Å². The predicted molar refractivity (Wildman–Crippen MR) is 234 cm³/mol. The number of imidazole rings is 1. The smallest absolute Gasteiger partial charge is 0.112 e. The number of hydrogen-bond acceptors (Lipinski definition) is 1. The summed E-state index contributed by atoms with van der Waals surface area (Å²) in [5.41, 5.74) is 2.85. The number of unbranched alkanes of at least 4 members (excludes halogenated alkanes) is 26. The van der Waals surface area contributed by atoms with Gasteiger partial charge in [0.25, 0.3) is 0 Å². The van der Waals surface area contributed by atoms with E-state index in [0.717, 1.165) is 13.0 Å². The minimum atomic E-state index is -0.0300. The summed E-state index contributed by atoms with van der Waals surface area (Å²) in [7, 11) is 0. The van der Waals surface area contributed by atoms with Crippen LogP contribution in [0.4, 0.5) is 0 Å². The molecule has 1 heterocycles. The normalized spacial score (nSPS) is 13.3. The van der Waals surface area contributed by atoms with E-state index in [9.17, 15) is 0 Å². The van der Waals surface area contributed by atoms with Gasteiger partial charge in [-0.25, -0.2) is 4.98 Å². The molecule has 2 aromatic carbocycles. The lowest BCUT2D eigenvalue weighted by Gasteiger charge is -2.39. The first-order valence-electron chi connectivity index (χ1n) is 23.3. The zero-order valence-corrected chi connectivity index (χ0v) is 35.3. The molecule has 0 spiro atoms. The van der Waals surface area contributed by atoms with Gasteiger partial charge in [0.2, 0.25) is 0 Å². The number of hydrogen-bond donors (Lipinski definition) is 0. The molecule has 3 aromatic rings. The molecule has 0 fully saturated rings. The maximum Gasteiger partial charge on any atom is 0.112 e. The van der Waals surface area contributed by atoms with Crippen LogP contribution in [0.15, 0.2) is 73.1 Å². The molecule has 0 N–H and O–H groups in total. The van der Waals surface area contributed by atoms with Crippen molar-refractivity contribution in [3.63, 3.8) is 0 Å². The van der Waals surface area contributed by atoms with E-state index in [2.05, 4.69) is 98.4 Å². The summed E-state index contributed by atoms with van der Waals surface area (Å²) >= 11 is 0. The summed E-state index contributed by atoms with van der Waals surface area (Å²) in [4.78, 5) is 5.18. The van der Waals surface area contributed by atoms with E-state index >= 15 is 0 Å². The Balaban J connectivity index is 1.51. The number of rotatable bonds is 35. The fraction of sp³-hybridized carbons (Fsp3) is 0.706. The third-order valence-electron chi connectivity index (χ3n) is 12.3. The standard InChI is InChI=1S/C51H84N2/c1-4-6-8-10-12-14-16-18-20-22-24-26-28-36-42-49(51(3,48-40-34-31-35-41-48)46-47-38-32-30-33-39-47)50-52-43-45-53(50)44-37-29-27-25-23-21-19-17-15-13-11-9-7-5-2/h30-35,38-41,43,45,49H,4-29,36-37,42,44,46H2,1-3H3. The van der Waals surface area contributed by atoms with Crippen molar-refractivity contribution in [2.45, 2.75) is 231 Å². The van der Waals surface area contributed by atoms with Crippen molar-refractivity contribution >= 4 is 0 Å². The van der Waals surface area contributed by atoms with Crippen molar-refractivity contribution < 1.29 is 0 Å². The van der Waals surface area contributed by atoms with Crippen LogP contribution >= 0.6 is 0 Å². The molecule has 2 atom stereocenters. The maximum absolute atomic E-state index is 5.18. The van der Waals surface area contributed by atoms with Crippen molar-refractivity contribution in [3.05, 3.63) is 90.0 Å². The van der Waals surface area contributed by atoms with Crippen molar-refractivity contribution in [2.75, 3.05) is 0 Å². The van der Waals surface area contributed by atoms with Gasteiger partial charge >= 0.3 is 0 Å². The SMILES string of the molecule is CCCCCCCCCCCCCCCCC(c1nccn1CCCCCCCCCCCCCCCC)C(C)(Cc1ccccc1)c1ccccc1. The van der Waals surface area contributed by atoms with Crippen LogP contribution in [0.1, 0.15) is 230 Å². The molecule has 2 nitrogen and oxygen atoms in total. The van der Waals surface area contributed by atoms with Crippen LogP contribution in [0.5, 0.6) is 0 Å². The Kier molecular flexibility index (Phi) is 25.4. The van der Waals surface area contributed by atoms with Crippen LogP contribution in [0.25, 0.3) is 0 Å². The maximum atomic E-state index is 5.18. The van der Waals surface area contributed by atoms with E-state index in [-0.39, 0.29) is 5.41 Å². The number of nitrogens with zero attached hydrogens (tertiary/aromatic N) is 2. The molecule has 3 rings (SSSR count). The summed E-state index contributed by atoms with van der Waals surface area (Å²) in [6, 6.07) is 22.6. The fourth-order valence-electron chi connectivity index (χ4n) is 8.84.